The van der Waals surface area contributed by atoms with E-state index in [2.05, 4.69) is 74.5 Å². The second-order valence-corrected chi connectivity index (χ2v) is 22.2. The van der Waals surface area contributed by atoms with Crippen LogP contribution in [-0.2, 0) is 26.8 Å². The van der Waals surface area contributed by atoms with E-state index in [0.29, 0.717) is 0 Å². The van der Waals surface area contributed by atoms with Crippen molar-refractivity contribution in [1.82, 2.24) is 0 Å². The van der Waals surface area contributed by atoms with Gasteiger partial charge in [0.15, 0.2) is 0 Å². The minimum absolute atomic E-state index is 0. The maximum atomic E-state index is 2.51. The van der Waals surface area contributed by atoms with Crippen LogP contribution in [0.5, 0.6) is 0 Å². The molecule has 0 spiro atoms. The monoisotopic (exact) mass is 476 g/mol. The molecule has 4 heteroatoms. The topological polar surface area (TPSA) is 0 Å². The molecule has 134 valence electrons. The summed E-state index contributed by atoms with van der Waals surface area (Å²) in [5, 5.41) is 0. The zero-order valence-electron chi connectivity index (χ0n) is 15.4. The molecule has 0 aliphatic heterocycles. The Morgan fingerprint density at radius 2 is 1.65 bits per heavy atom. The minimum atomic E-state index is -1.74. The average Bonchev–Trinajstić information content (AvgIpc) is 3.27. The van der Waals surface area contributed by atoms with Crippen molar-refractivity contribution in [3.8, 4) is 11.1 Å². The first-order valence-corrected chi connectivity index (χ1v) is 17.2. The Labute approximate surface area is 177 Å². The van der Waals surface area contributed by atoms with Gasteiger partial charge < -0.3 is 24.8 Å². The standard InChI is InChI=1S/C13H9.C5H5.C4H10Si.2ClH.Zr/c1-3-7-12-10(5-1)9-11-6-2-4-8-13(11)12;1-2-4-5-3-1;1-3-5-4-2;;;/h1-5,7-8H,9H2;1-3H,4H2;3-4H2,1-2H3;2*1H;/q;;;;;+2/p-2. The van der Waals surface area contributed by atoms with Crippen molar-refractivity contribution >= 4 is 8.70 Å². The Bertz CT molecular complexity index is 891. The molecule has 0 nitrogen and oxygen atoms in total. The average molecular weight is 479 g/mol. The van der Waals surface area contributed by atoms with Crippen LogP contribution in [0, 0.1) is 0 Å². The molecule has 0 heterocycles. The van der Waals surface area contributed by atoms with E-state index in [1.165, 1.54) is 35.2 Å². The molecule has 0 amide bonds. The molecule has 0 aromatic heterocycles. The predicted octanol–water partition coefficient (Wildman–Crippen LogP) is -0.616. The van der Waals surface area contributed by atoms with Crippen LogP contribution in [0.25, 0.3) is 11.1 Å². The second kappa shape index (κ2) is 9.69. The summed E-state index contributed by atoms with van der Waals surface area (Å²) in [5.41, 5.74) is 6.01. The first kappa shape index (κ1) is 21.9. The van der Waals surface area contributed by atoms with Crippen LogP contribution in [0.2, 0.25) is 12.1 Å². The number of halogens is 2. The number of rotatable bonds is 4. The summed E-state index contributed by atoms with van der Waals surface area (Å²) in [5.74, 6) is 0. The molecule has 26 heavy (non-hydrogen) atoms. The Morgan fingerprint density at radius 3 is 2.35 bits per heavy atom. The van der Waals surface area contributed by atoms with Gasteiger partial charge in [-0.2, -0.15) is 0 Å². The molecule has 2 aromatic rings. The van der Waals surface area contributed by atoms with E-state index in [4.69, 9.17) is 0 Å². The molecule has 0 unspecified atom stereocenters. The minimum Gasteiger partial charge on any atom is -1.00 e. The van der Waals surface area contributed by atoms with Gasteiger partial charge in [0.05, 0.1) is 0 Å². The van der Waals surface area contributed by atoms with Gasteiger partial charge in [0.1, 0.15) is 0 Å². The van der Waals surface area contributed by atoms with Gasteiger partial charge in [0.2, 0.25) is 0 Å². The molecule has 0 radical (unpaired) electrons. The van der Waals surface area contributed by atoms with Crippen molar-refractivity contribution in [3.05, 3.63) is 75.1 Å². The number of allylic oxidation sites excluding steroid dienone is 4. The zero-order chi connectivity index (χ0) is 16.5. The molecule has 2 aromatic carbocycles. The van der Waals surface area contributed by atoms with E-state index in [1.54, 1.807) is 5.56 Å². The Balaban J connectivity index is 0.00000121. The molecule has 0 saturated heterocycles. The van der Waals surface area contributed by atoms with Crippen LogP contribution in [-0.4, -0.2) is 5.43 Å². The summed E-state index contributed by atoms with van der Waals surface area (Å²) >= 11 is -1.74. The first-order chi connectivity index (χ1) is 11.8. The third kappa shape index (κ3) is 3.90. The molecule has 2 aliphatic rings. The fourth-order valence-corrected chi connectivity index (χ4v) is 24.3. The maximum Gasteiger partial charge on any atom is -1.00 e. The van der Waals surface area contributed by atoms with Crippen LogP contribution in [0.1, 0.15) is 31.4 Å². The fourth-order valence-electron chi connectivity index (χ4n) is 4.22. The van der Waals surface area contributed by atoms with Gasteiger partial charge in [0.25, 0.3) is 0 Å². The number of hydrogen-bond acceptors (Lipinski definition) is 0. The third-order valence-electron chi connectivity index (χ3n) is 5.42. The first-order valence-electron chi connectivity index (χ1n) is 9.12. The Morgan fingerprint density at radius 1 is 0.923 bits per heavy atom. The van der Waals surface area contributed by atoms with E-state index in [9.17, 15) is 0 Å². The molecule has 2 aliphatic carbocycles. The summed E-state index contributed by atoms with van der Waals surface area (Å²) in [4.78, 5) is 0. The predicted molar refractivity (Wildman–Crippen MR) is 103 cm³/mol. The van der Waals surface area contributed by atoms with Crippen molar-refractivity contribution in [1.29, 1.82) is 0 Å². The Hall–Kier alpha value is -0.400. The van der Waals surface area contributed by atoms with Gasteiger partial charge in [-0.3, -0.25) is 0 Å². The van der Waals surface area contributed by atoms with E-state index in [-0.39, 0.29) is 30.2 Å². The molecule has 0 fully saturated rings. The largest absolute Gasteiger partial charge is 1.00 e. The van der Waals surface area contributed by atoms with Crippen molar-refractivity contribution < 1.29 is 45.2 Å². The fraction of sp³-hybridized carbons (Fsp3) is 0.273. The Kier molecular flexibility index (Phi) is 8.16. The molecule has 0 atom stereocenters. The number of fused-ring (bicyclic) bond motifs is 3. The van der Waals surface area contributed by atoms with Gasteiger partial charge in [-0.15, -0.1) is 0 Å². The van der Waals surface area contributed by atoms with Crippen molar-refractivity contribution in [3.63, 3.8) is 0 Å². The normalized spacial score (nSPS) is 12.9. The van der Waals surface area contributed by atoms with Crippen LogP contribution in [0.4, 0.5) is 0 Å². The van der Waals surface area contributed by atoms with Crippen LogP contribution < -0.4 is 28.1 Å². The molecular weight excluding hydrogens is 454 g/mol. The summed E-state index contributed by atoms with van der Waals surface area (Å²) in [6.07, 6.45) is 9.55. The molecule has 0 saturated carbocycles. The second-order valence-electron chi connectivity index (χ2n) is 6.68. The zero-order valence-corrected chi connectivity index (χ0v) is 20.3. The molecule has 4 rings (SSSR count). The third-order valence-corrected chi connectivity index (χ3v) is 26.7. The van der Waals surface area contributed by atoms with Crippen LogP contribution in [0.3, 0.4) is 0 Å². The van der Waals surface area contributed by atoms with E-state index in [0.717, 1.165) is 6.42 Å². The molecular formula is C22H24Cl2SiZr. The number of benzene rings is 2. The summed E-state index contributed by atoms with van der Waals surface area (Å²) < 4.78 is 3.66. The quantitative estimate of drug-likeness (QED) is 0.439. The molecule has 0 N–H and O–H groups in total. The number of hydrogen-bond donors (Lipinski definition) is 0. The van der Waals surface area contributed by atoms with Crippen LogP contribution >= 0.6 is 0 Å². The van der Waals surface area contributed by atoms with E-state index < -0.39 is 20.4 Å². The van der Waals surface area contributed by atoms with Crippen LogP contribution in [0.15, 0.2) is 64.0 Å². The molecule has 0 bridgehead atoms. The maximum absolute atomic E-state index is 2.51. The van der Waals surface area contributed by atoms with Gasteiger partial charge in [-0.1, -0.05) is 0 Å². The summed E-state index contributed by atoms with van der Waals surface area (Å²) in [7, 11) is 0. The van der Waals surface area contributed by atoms with Gasteiger partial charge >= 0.3 is 154 Å². The van der Waals surface area contributed by atoms with Crippen molar-refractivity contribution in [2.24, 2.45) is 0 Å². The van der Waals surface area contributed by atoms with E-state index in [1.807, 2.05) is 6.55 Å². The van der Waals surface area contributed by atoms with E-state index >= 15 is 0 Å². The summed E-state index contributed by atoms with van der Waals surface area (Å²) in [6, 6.07) is 19.1. The summed E-state index contributed by atoms with van der Waals surface area (Å²) in [6.45, 7) is 4.89. The van der Waals surface area contributed by atoms with Gasteiger partial charge in [0, 0.05) is 0 Å². The smallest absolute Gasteiger partial charge is 1.00 e. The van der Waals surface area contributed by atoms with Crippen molar-refractivity contribution in [2.45, 2.75) is 38.8 Å². The SMILES string of the molecule is CC[Si](CC)=[Zr+2]([C]1=CC=CC1)[c]1cccc2c1Cc1ccccc1-2.[Cl-].[Cl-]. The van der Waals surface area contributed by atoms with Crippen molar-refractivity contribution in [2.75, 3.05) is 0 Å². The van der Waals surface area contributed by atoms with Gasteiger partial charge in [-0.25, -0.2) is 0 Å². The van der Waals surface area contributed by atoms with Gasteiger partial charge in [-0.05, 0) is 0 Å².